The first kappa shape index (κ1) is 12.9. The van der Waals surface area contributed by atoms with Gasteiger partial charge in [0.25, 0.3) is 5.91 Å². The zero-order chi connectivity index (χ0) is 13.1. The molecule has 0 saturated heterocycles. The van der Waals surface area contributed by atoms with Crippen LogP contribution in [0.25, 0.3) is 0 Å². The third kappa shape index (κ3) is 2.80. The van der Waals surface area contributed by atoms with Crippen molar-refractivity contribution in [2.45, 2.75) is 0 Å². The molecule has 6 heteroatoms. The average molecular weight is 328 g/mol. The van der Waals surface area contributed by atoms with Crippen LogP contribution in [0, 0.1) is 0 Å². The molecule has 92 valence electrons. The maximum Gasteiger partial charge on any atom is 0.257 e. The normalized spacial score (nSPS) is 10.1. The predicted molar refractivity (Wildman–Crippen MR) is 73.0 cm³/mol. The van der Waals surface area contributed by atoms with Crippen LogP contribution in [-0.4, -0.2) is 16.0 Å². The fourth-order valence-electron chi connectivity index (χ4n) is 1.35. The Labute approximate surface area is 117 Å². The smallest absolute Gasteiger partial charge is 0.257 e. The number of phenolic OH excluding ortho intramolecular Hbond substituents is 1. The topological polar surface area (TPSA) is 62.2 Å². The third-order valence-corrected chi connectivity index (χ3v) is 3.18. The highest BCUT2D eigenvalue weighted by Crippen LogP contribution is 2.24. The summed E-state index contributed by atoms with van der Waals surface area (Å²) in [6.07, 6.45) is 3.13. The monoisotopic (exact) mass is 326 g/mol. The second-order valence-electron chi connectivity index (χ2n) is 3.47. The van der Waals surface area contributed by atoms with E-state index in [1.807, 2.05) is 0 Å². The molecule has 1 amide bonds. The Kier molecular flexibility index (Phi) is 3.84. The first-order valence-electron chi connectivity index (χ1n) is 4.97. The SMILES string of the molecule is O=C(Nc1ccncc1Br)c1cc(O)ccc1Cl. The molecule has 2 rings (SSSR count). The molecule has 0 radical (unpaired) electrons. The first-order valence-corrected chi connectivity index (χ1v) is 6.14. The molecule has 0 aliphatic heterocycles. The summed E-state index contributed by atoms with van der Waals surface area (Å²) in [5, 5.41) is 12.3. The second-order valence-corrected chi connectivity index (χ2v) is 4.74. The zero-order valence-corrected chi connectivity index (χ0v) is 11.4. The molecule has 2 aromatic rings. The number of pyridine rings is 1. The number of phenols is 1. The summed E-state index contributed by atoms with van der Waals surface area (Å²) in [7, 11) is 0. The number of aromatic nitrogens is 1. The van der Waals surface area contributed by atoms with Gasteiger partial charge in [0.1, 0.15) is 5.75 Å². The van der Waals surface area contributed by atoms with Crippen molar-refractivity contribution in [3.8, 4) is 5.75 Å². The van der Waals surface area contributed by atoms with Gasteiger partial charge >= 0.3 is 0 Å². The van der Waals surface area contributed by atoms with Crippen molar-refractivity contribution in [2.24, 2.45) is 0 Å². The Morgan fingerprint density at radius 2 is 2.17 bits per heavy atom. The highest BCUT2D eigenvalue weighted by atomic mass is 79.9. The lowest BCUT2D eigenvalue weighted by Crippen LogP contribution is -2.12. The van der Waals surface area contributed by atoms with Crippen molar-refractivity contribution in [3.05, 3.63) is 51.7 Å². The number of carbonyl (C=O) groups excluding carboxylic acids is 1. The number of anilines is 1. The van der Waals surface area contributed by atoms with E-state index in [2.05, 4.69) is 26.2 Å². The van der Waals surface area contributed by atoms with Crippen molar-refractivity contribution in [1.82, 2.24) is 4.98 Å². The molecule has 0 spiro atoms. The van der Waals surface area contributed by atoms with Crippen LogP contribution in [0.4, 0.5) is 5.69 Å². The number of rotatable bonds is 2. The largest absolute Gasteiger partial charge is 0.508 e. The van der Waals surface area contributed by atoms with E-state index in [9.17, 15) is 9.90 Å². The average Bonchev–Trinajstić information content (AvgIpc) is 2.35. The van der Waals surface area contributed by atoms with E-state index in [4.69, 9.17) is 11.6 Å². The molecule has 0 atom stereocenters. The maximum absolute atomic E-state index is 12.0. The van der Waals surface area contributed by atoms with Gasteiger partial charge in [-0.25, -0.2) is 0 Å². The minimum Gasteiger partial charge on any atom is -0.508 e. The lowest BCUT2D eigenvalue weighted by molar-refractivity contribution is 0.102. The van der Waals surface area contributed by atoms with E-state index in [1.165, 1.54) is 18.2 Å². The van der Waals surface area contributed by atoms with Crippen LogP contribution in [0.1, 0.15) is 10.4 Å². The Bertz CT molecular complexity index is 604. The van der Waals surface area contributed by atoms with Crippen LogP contribution < -0.4 is 5.32 Å². The van der Waals surface area contributed by atoms with Gasteiger partial charge in [-0.3, -0.25) is 9.78 Å². The molecule has 0 unspecified atom stereocenters. The van der Waals surface area contributed by atoms with E-state index in [1.54, 1.807) is 18.5 Å². The van der Waals surface area contributed by atoms with Crippen molar-refractivity contribution in [3.63, 3.8) is 0 Å². The molecule has 0 bridgehead atoms. The van der Waals surface area contributed by atoms with Gasteiger partial charge in [-0.1, -0.05) is 11.6 Å². The van der Waals surface area contributed by atoms with Crippen LogP contribution in [0.2, 0.25) is 5.02 Å². The fraction of sp³-hybridized carbons (Fsp3) is 0. The Hall–Kier alpha value is -1.59. The minimum absolute atomic E-state index is 0.0154. The second kappa shape index (κ2) is 5.37. The van der Waals surface area contributed by atoms with Crippen LogP contribution in [0.3, 0.4) is 0 Å². The maximum atomic E-state index is 12.0. The fourth-order valence-corrected chi connectivity index (χ4v) is 1.91. The highest BCUT2D eigenvalue weighted by Gasteiger charge is 2.12. The molecule has 1 aromatic carbocycles. The Morgan fingerprint density at radius 3 is 2.89 bits per heavy atom. The van der Waals surface area contributed by atoms with Gasteiger partial charge in [-0.2, -0.15) is 0 Å². The van der Waals surface area contributed by atoms with Gasteiger partial charge in [0.05, 0.1) is 20.7 Å². The van der Waals surface area contributed by atoms with Gasteiger partial charge in [-0.15, -0.1) is 0 Å². The number of hydrogen-bond donors (Lipinski definition) is 2. The number of nitrogens with one attached hydrogen (secondary N) is 1. The van der Waals surface area contributed by atoms with Gasteiger partial charge < -0.3 is 10.4 Å². The van der Waals surface area contributed by atoms with Crippen LogP contribution in [0.15, 0.2) is 41.1 Å². The summed E-state index contributed by atoms with van der Waals surface area (Å²) >= 11 is 9.17. The van der Waals surface area contributed by atoms with Crippen molar-refractivity contribution in [1.29, 1.82) is 0 Å². The van der Waals surface area contributed by atoms with Crippen molar-refractivity contribution >= 4 is 39.1 Å². The van der Waals surface area contributed by atoms with E-state index in [-0.39, 0.29) is 16.3 Å². The number of nitrogens with zero attached hydrogens (tertiary/aromatic N) is 1. The summed E-state index contributed by atoms with van der Waals surface area (Å²) in [4.78, 5) is 15.9. The summed E-state index contributed by atoms with van der Waals surface area (Å²) in [6, 6.07) is 5.85. The Morgan fingerprint density at radius 1 is 1.39 bits per heavy atom. The molecule has 0 aliphatic carbocycles. The molecule has 4 nitrogen and oxygen atoms in total. The lowest BCUT2D eigenvalue weighted by Gasteiger charge is -2.08. The molecule has 2 N–H and O–H groups in total. The summed E-state index contributed by atoms with van der Waals surface area (Å²) in [6.45, 7) is 0. The molecule has 0 saturated carbocycles. The van der Waals surface area contributed by atoms with Crippen molar-refractivity contribution < 1.29 is 9.90 Å². The van der Waals surface area contributed by atoms with E-state index in [0.717, 1.165) is 0 Å². The van der Waals surface area contributed by atoms with Gasteiger partial charge in [0.2, 0.25) is 0 Å². The number of hydrogen-bond acceptors (Lipinski definition) is 3. The quantitative estimate of drug-likeness (QED) is 0.888. The number of aromatic hydroxyl groups is 1. The summed E-state index contributed by atoms with van der Waals surface area (Å²) < 4.78 is 0.662. The van der Waals surface area contributed by atoms with Gasteiger partial charge in [0.15, 0.2) is 0 Å². The van der Waals surface area contributed by atoms with Crippen LogP contribution in [0.5, 0.6) is 5.75 Å². The number of halogens is 2. The molecule has 0 fully saturated rings. The van der Waals surface area contributed by atoms with E-state index < -0.39 is 5.91 Å². The standard InChI is InChI=1S/C12H8BrClN2O2/c13-9-6-15-4-3-11(9)16-12(18)8-5-7(17)1-2-10(8)14/h1-6,17H,(H,15,16,18). The summed E-state index contributed by atoms with van der Waals surface area (Å²) in [5.74, 6) is -0.416. The molecular weight excluding hydrogens is 320 g/mol. The lowest BCUT2D eigenvalue weighted by atomic mass is 10.2. The van der Waals surface area contributed by atoms with E-state index in [0.29, 0.717) is 10.2 Å². The van der Waals surface area contributed by atoms with Gasteiger partial charge in [0, 0.05) is 12.4 Å². The third-order valence-electron chi connectivity index (χ3n) is 2.22. The number of amides is 1. The van der Waals surface area contributed by atoms with E-state index >= 15 is 0 Å². The minimum atomic E-state index is -0.400. The van der Waals surface area contributed by atoms with Crippen LogP contribution in [-0.2, 0) is 0 Å². The summed E-state index contributed by atoms with van der Waals surface area (Å²) in [5.41, 5.74) is 0.787. The zero-order valence-electron chi connectivity index (χ0n) is 9.02. The molecule has 0 aliphatic rings. The Balaban J connectivity index is 2.28. The first-order chi connectivity index (χ1) is 8.58. The predicted octanol–water partition coefficient (Wildman–Crippen LogP) is 3.46. The molecular formula is C12H8BrClN2O2. The van der Waals surface area contributed by atoms with Crippen molar-refractivity contribution in [2.75, 3.05) is 5.32 Å². The number of benzene rings is 1. The molecule has 1 aromatic heterocycles. The van der Waals surface area contributed by atoms with Crippen LogP contribution >= 0.6 is 27.5 Å². The molecule has 1 heterocycles. The number of carbonyl (C=O) groups is 1. The highest BCUT2D eigenvalue weighted by molar-refractivity contribution is 9.10. The van der Waals surface area contributed by atoms with Gasteiger partial charge in [-0.05, 0) is 40.2 Å². The molecule has 18 heavy (non-hydrogen) atoms.